The third-order valence-electron chi connectivity index (χ3n) is 2.32. The van der Waals surface area contributed by atoms with Crippen molar-refractivity contribution in [3.8, 4) is 0 Å². The van der Waals surface area contributed by atoms with Gasteiger partial charge < -0.3 is 5.32 Å². The Morgan fingerprint density at radius 3 is 2.81 bits per heavy atom. The van der Waals surface area contributed by atoms with E-state index in [0.717, 1.165) is 18.7 Å². The second kappa shape index (κ2) is 5.68. The first kappa shape index (κ1) is 12.7. The SMILES string of the molecule is CCCn1nc(C(=O)NCC(C)C)cc1C. The zero-order chi connectivity index (χ0) is 12.1. The molecule has 0 aliphatic carbocycles. The Balaban J connectivity index is 2.65. The van der Waals surface area contributed by atoms with Gasteiger partial charge in [0.25, 0.3) is 5.91 Å². The summed E-state index contributed by atoms with van der Waals surface area (Å²) < 4.78 is 1.88. The van der Waals surface area contributed by atoms with Crippen molar-refractivity contribution in [1.82, 2.24) is 15.1 Å². The number of nitrogens with one attached hydrogen (secondary N) is 1. The van der Waals surface area contributed by atoms with Gasteiger partial charge in [-0.15, -0.1) is 0 Å². The number of aromatic nitrogens is 2. The minimum absolute atomic E-state index is 0.0772. The minimum Gasteiger partial charge on any atom is -0.350 e. The molecule has 0 aromatic carbocycles. The van der Waals surface area contributed by atoms with E-state index in [1.165, 1.54) is 0 Å². The normalized spacial score (nSPS) is 10.8. The first-order chi connectivity index (χ1) is 7.54. The fourth-order valence-corrected chi connectivity index (χ4v) is 1.45. The smallest absolute Gasteiger partial charge is 0.271 e. The molecule has 1 amide bonds. The summed E-state index contributed by atoms with van der Waals surface area (Å²) in [5.41, 5.74) is 1.56. The Morgan fingerprint density at radius 1 is 1.56 bits per heavy atom. The van der Waals surface area contributed by atoms with Gasteiger partial charge in [0.15, 0.2) is 0 Å². The van der Waals surface area contributed by atoms with Crippen molar-refractivity contribution in [2.45, 2.75) is 40.7 Å². The van der Waals surface area contributed by atoms with Crippen LogP contribution >= 0.6 is 0 Å². The molecule has 1 aromatic heterocycles. The van der Waals surface area contributed by atoms with E-state index in [1.807, 2.05) is 17.7 Å². The number of carbonyl (C=O) groups excluding carboxylic acids is 1. The predicted molar refractivity (Wildman–Crippen MR) is 64.4 cm³/mol. The van der Waals surface area contributed by atoms with E-state index < -0.39 is 0 Å². The molecule has 1 rings (SSSR count). The first-order valence-corrected chi connectivity index (χ1v) is 5.87. The van der Waals surface area contributed by atoms with E-state index in [0.29, 0.717) is 18.2 Å². The van der Waals surface area contributed by atoms with Gasteiger partial charge in [0.2, 0.25) is 0 Å². The van der Waals surface area contributed by atoms with Crippen LogP contribution in [0.15, 0.2) is 6.07 Å². The van der Waals surface area contributed by atoms with Crippen molar-refractivity contribution in [1.29, 1.82) is 0 Å². The standard InChI is InChI=1S/C12H21N3O/c1-5-6-15-10(4)7-11(14-15)12(16)13-8-9(2)3/h7,9H,5-6,8H2,1-4H3,(H,13,16). The molecular weight excluding hydrogens is 202 g/mol. The summed E-state index contributed by atoms with van der Waals surface area (Å²) in [6.07, 6.45) is 1.02. The molecule has 0 aliphatic rings. The summed E-state index contributed by atoms with van der Waals surface area (Å²) >= 11 is 0. The van der Waals surface area contributed by atoms with Gasteiger partial charge in [-0.1, -0.05) is 20.8 Å². The summed E-state index contributed by atoms with van der Waals surface area (Å²) in [6, 6.07) is 1.84. The van der Waals surface area contributed by atoms with Crippen LogP contribution in [0.25, 0.3) is 0 Å². The van der Waals surface area contributed by atoms with Crippen LogP contribution in [0.5, 0.6) is 0 Å². The molecule has 16 heavy (non-hydrogen) atoms. The predicted octanol–water partition coefficient (Wildman–Crippen LogP) is 1.99. The second-order valence-corrected chi connectivity index (χ2v) is 4.50. The van der Waals surface area contributed by atoms with E-state index >= 15 is 0 Å². The highest BCUT2D eigenvalue weighted by atomic mass is 16.1. The molecule has 90 valence electrons. The quantitative estimate of drug-likeness (QED) is 0.829. The minimum atomic E-state index is -0.0772. The summed E-state index contributed by atoms with van der Waals surface area (Å²) in [6.45, 7) is 9.77. The maximum atomic E-state index is 11.7. The fourth-order valence-electron chi connectivity index (χ4n) is 1.45. The van der Waals surface area contributed by atoms with Crippen LogP contribution in [-0.2, 0) is 6.54 Å². The van der Waals surface area contributed by atoms with Crippen molar-refractivity contribution in [3.05, 3.63) is 17.5 Å². The zero-order valence-corrected chi connectivity index (χ0v) is 10.6. The number of hydrogen-bond donors (Lipinski definition) is 1. The Labute approximate surface area is 97.0 Å². The molecule has 0 bridgehead atoms. The molecule has 0 atom stereocenters. The highest BCUT2D eigenvalue weighted by Crippen LogP contribution is 2.04. The number of amides is 1. The van der Waals surface area contributed by atoms with Crippen molar-refractivity contribution in [2.24, 2.45) is 5.92 Å². The molecule has 4 heteroatoms. The van der Waals surface area contributed by atoms with Gasteiger partial charge in [-0.2, -0.15) is 5.10 Å². The lowest BCUT2D eigenvalue weighted by atomic mass is 10.2. The van der Waals surface area contributed by atoms with Crippen LogP contribution in [0.3, 0.4) is 0 Å². The highest BCUT2D eigenvalue weighted by molar-refractivity contribution is 5.92. The summed E-state index contributed by atoms with van der Waals surface area (Å²) in [5.74, 6) is 0.384. The molecule has 1 N–H and O–H groups in total. The molecule has 1 heterocycles. The Kier molecular flexibility index (Phi) is 4.52. The molecule has 4 nitrogen and oxygen atoms in total. The molecule has 0 saturated heterocycles. The van der Waals surface area contributed by atoms with Gasteiger partial charge in [0, 0.05) is 18.8 Å². The number of hydrogen-bond acceptors (Lipinski definition) is 2. The van der Waals surface area contributed by atoms with Crippen LogP contribution < -0.4 is 5.32 Å². The fraction of sp³-hybridized carbons (Fsp3) is 0.667. The summed E-state index contributed by atoms with van der Waals surface area (Å²) in [4.78, 5) is 11.7. The van der Waals surface area contributed by atoms with Crippen molar-refractivity contribution >= 4 is 5.91 Å². The molecule has 0 spiro atoms. The van der Waals surface area contributed by atoms with Crippen LogP contribution in [0.4, 0.5) is 0 Å². The number of nitrogens with zero attached hydrogens (tertiary/aromatic N) is 2. The molecule has 0 radical (unpaired) electrons. The van der Waals surface area contributed by atoms with Crippen molar-refractivity contribution < 1.29 is 4.79 Å². The van der Waals surface area contributed by atoms with Gasteiger partial charge in [-0.25, -0.2) is 0 Å². The highest BCUT2D eigenvalue weighted by Gasteiger charge is 2.11. The number of aryl methyl sites for hydroxylation is 2. The van der Waals surface area contributed by atoms with E-state index in [-0.39, 0.29) is 5.91 Å². The van der Waals surface area contributed by atoms with Crippen LogP contribution in [0.1, 0.15) is 43.4 Å². The monoisotopic (exact) mass is 223 g/mol. The molecule has 1 aromatic rings. The average Bonchev–Trinajstić information content (AvgIpc) is 2.57. The van der Waals surface area contributed by atoms with Crippen LogP contribution in [0, 0.1) is 12.8 Å². The largest absolute Gasteiger partial charge is 0.350 e. The summed E-state index contributed by atoms with van der Waals surface area (Å²) in [5, 5.41) is 7.15. The number of rotatable bonds is 5. The van der Waals surface area contributed by atoms with Gasteiger partial charge in [-0.05, 0) is 25.3 Å². The third-order valence-corrected chi connectivity index (χ3v) is 2.32. The van der Waals surface area contributed by atoms with Gasteiger partial charge in [0.05, 0.1) is 0 Å². The maximum Gasteiger partial charge on any atom is 0.271 e. The van der Waals surface area contributed by atoms with Crippen LogP contribution in [0.2, 0.25) is 0 Å². The Hall–Kier alpha value is -1.32. The first-order valence-electron chi connectivity index (χ1n) is 5.87. The van der Waals surface area contributed by atoms with Crippen molar-refractivity contribution in [3.63, 3.8) is 0 Å². The van der Waals surface area contributed by atoms with Gasteiger partial charge in [-0.3, -0.25) is 9.48 Å². The molecular formula is C12H21N3O. The molecule has 0 aliphatic heterocycles. The zero-order valence-electron chi connectivity index (χ0n) is 10.6. The molecule has 0 saturated carbocycles. The maximum absolute atomic E-state index is 11.7. The number of carbonyl (C=O) groups is 1. The van der Waals surface area contributed by atoms with E-state index in [2.05, 4.69) is 31.2 Å². The Morgan fingerprint density at radius 2 is 2.25 bits per heavy atom. The Bertz CT molecular complexity index is 355. The van der Waals surface area contributed by atoms with Gasteiger partial charge in [0.1, 0.15) is 5.69 Å². The lowest BCUT2D eigenvalue weighted by molar-refractivity contribution is 0.0943. The van der Waals surface area contributed by atoms with Gasteiger partial charge >= 0.3 is 0 Å². The topological polar surface area (TPSA) is 46.9 Å². The molecule has 0 unspecified atom stereocenters. The van der Waals surface area contributed by atoms with Crippen LogP contribution in [-0.4, -0.2) is 22.2 Å². The lowest BCUT2D eigenvalue weighted by Gasteiger charge is -2.05. The van der Waals surface area contributed by atoms with E-state index in [9.17, 15) is 4.79 Å². The second-order valence-electron chi connectivity index (χ2n) is 4.50. The molecule has 0 fully saturated rings. The average molecular weight is 223 g/mol. The van der Waals surface area contributed by atoms with E-state index in [1.54, 1.807) is 0 Å². The lowest BCUT2D eigenvalue weighted by Crippen LogP contribution is -2.27. The van der Waals surface area contributed by atoms with E-state index in [4.69, 9.17) is 0 Å². The third kappa shape index (κ3) is 3.36. The van der Waals surface area contributed by atoms with Crippen molar-refractivity contribution in [2.75, 3.05) is 6.54 Å². The summed E-state index contributed by atoms with van der Waals surface area (Å²) in [7, 11) is 0.